The Hall–Kier alpha value is -0.860. The van der Waals surface area contributed by atoms with Crippen molar-refractivity contribution in [3.05, 3.63) is 34.9 Å². The van der Waals surface area contributed by atoms with Crippen LogP contribution in [0.1, 0.15) is 23.1 Å². The fourth-order valence-electron chi connectivity index (χ4n) is 2.09. The number of hydrogen-bond acceptors (Lipinski definition) is 2. The summed E-state index contributed by atoms with van der Waals surface area (Å²) in [5.41, 5.74) is 4.33. The molecule has 0 aromatic heterocycles. The molecule has 2 nitrogen and oxygen atoms in total. The van der Waals surface area contributed by atoms with Crippen LogP contribution in [0.2, 0.25) is 0 Å². The molecule has 0 radical (unpaired) electrons. The predicted octanol–water partition coefficient (Wildman–Crippen LogP) is 1.56. The topological polar surface area (TPSA) is 23.5 Å². The lowest BCUT2D eigenvalue weighted by Crippen LogP contribution is -2.18. The maximum absolute atomic E-state index is 8.92. The van der Waals surface area contributed by atoms with Crippen LogP contribution in [0.15, 0.2) is 18.2 Å². The van der Waals surface area contributed by atoms with E-state index in [1.54, 1.807) is 0 Å². The van der Waals surface area contributed by atoms with Gasteiger partial charge in [0.2, 0.25) is 0 Å². The monoisotopic (exact) mass is 191 g/mol. The number of nitrogens with zero attached hydrogens (tertiary/aromatic N) is 1. The molecule has 1 aromatic carbocycles. The summed E-state index contributed by atoms with van der Waals surface area (Å²) in [4.78, 5) is 1.90. The summed E-state index contributed by atoms with van der Waals surface area (Å²) in [6.45, 7) is 0.959. The van der Waals surface area contributed by atoms with E-state index in [1.165, 1.54) is 36.0 Å². The van der Waals surface area contributed by atoms with E-state index in [4.69, 9.17) is 5.11 Å². The zero-order chi connectivity index (χ0) is 9.97. The second-order valence-electron chi connectivity index (χ2n) is 4.11. The molecule has 0 aliphatic heterocycles. The summed E-state index contributed by atoms with van der Waals surface area (Å²) in [7, 11) is 1.92. The Bertz CT molecular complexity index is 322. The van der Waals surface area contributed by atoms with Gasteiger partial charge in [-0.25, -0.2) is 0 Å². The van der Waals surface area contributed by atoms with Gasteiger partial charge in [0.1, 0.15) is 0 Å². The zero-order valence-corrected chi connectivity index (χ0v) is 8.66. The maximum Gasteiger partial charge on any atom is 0.0956 e. The Morgan fingerprint density at radius 1 is 1.29 bits per heavy atom. The number of benzene rings is 1. The van der Waals surface area contributed by atoms with E-state index in [0.717, 1.165) is 6.54 Å². The van der Waals surface area contributed by atoms with E-state index < -0.39 is 0 Å². The van der Waals surface area contributed by atoms with Gasteiger partial charge in [-0.2, -0.15) is 0 Å². The summed E-state index contributed by atoms with van der Waals surface area (Å²) in [6, 6.07) is 6.70. The smallest absolute Gasteiger partial charge is 0.0956 e. The molecule has 0 atom stereocenters. The van der Waals surface area contributed by atoms with Crippen molar-refractivity contribution in [3.63, 3.8) is 0 Å². The van der Waals surface area contributed by atoms with E-state index in [9.17, 15) is 0 Å². The van der Waals surface area contributed by atoms with E-state index in [2.05, 4.69) is 18.2 Å². The molecular weight excluding hydrogens is 174 g/mol. The lowest BCUT2D eigenvalue weighted by Gasteiger charge is -2.13. The Labute approximate surface area is 85.2 Å². The molecule has 14 heavy (non-hydrogen) atoms. The molecule has 0 spiro atoms. The van der Waals surface area contributed by atoms with Crippen molar-refractivity contribution < 1.29 is 5.11 Å². The van der Waals surface area contributed by atoms with Crippen molar-refractivity contribution in [2.75, 3.05) is 13.8 Å². The minimum atomic E-state index is 0.122. The highest BCUT2D eigenvalue weighted by Crippen LogP contribution is 2.23. The first-order chi connectivity index (χ1) is 6.79. The third kappa shape index (κ3) is 1.97. The molecule has 0 bridgehead atoms. The van der Waals surface area contributed by atoms with Crippen LogP contribution in [0, 0.1) is 0 Å². The van der Waals surface area contributed by atoms with Crippen molar-refractivity contribution in [1.82, 2.24) is 4.90 Å². The van der Waals surface area contributed by atoms with Gasteiger partial charge in [0.05, 0.1) is 6.73 Å². The Morgan fingerprint density at radius 2 is 2.07 bits per heavy atom. The van der Waals surface area contributed by atoms with Crippen LogP contribution >= 0.6 is 0 Å². The van der Waals surface area contributed by atoms with Gasteiger partial charge < -0.3 is 5.11 Å². The van der Waals surface area contributed by atoms with Gasteiger partial charge in [-0.15, -0.1) is 0 Å². The van der Waals surface area contributed by atoms with Crippen LogP contribution in [0.4, 0.5) is 0 Å². The average molecular weight is 191 g/mol. The largest absolute Gasteiger partial charge is 0.381 e. The Kier molecular flexibility index (Phi) is 2.85. The molecule has 0 unspecified atom stereocenters. The van der Waals surface area contributed by atoms with E-state index in [-0.39, 0.29) is 6.73 Å². The van der Waals surface area contributed by atoms with Crippen LogP contribution in [0.25, 0.3) is 0 Å². The highest BCUT2D eigenvalue weighted by Gasteiger charge is 2.10. The quantitative estimate of drug-likeness (QED) is 0.733. The Balaban J connectivity index is 2.12. The fourth-order valence-corrected chi connectivity index (χ4v) is 2.09. The lowest BCUT2D eigenvalue weighted by molar-refractivity contribution is 0.127. The summed E-state index contributed by atoms with van der Waals surface area (Å²) >= 11 is 0. The maximum atomic E-state index is 8.92. The molecule has 0 saturated carbocycles. The summed E-state index contributed by atoms with van der Waals surface area (Å²) in [5, 5.41) is 8.92. The first-order valence-corrected chi connectivity index (χ1v) is 5.19. The van der Waals surface area contributed by atoms with Gasteiger partial charge >= 0.3 is 0 Å². The molecule has 0 fully saturated rings. The van der Waals surface area contributed by atoms with Gasteiger partial charge in [-0.3, -0.25) is 4.90 Å². The van der Waals surface area contributed by atoms with Gasteiger partial charge in [0.25, 0.3) is 0 Å². The van der Waals surface area contributed by atoms with E-state index >= 15 is 0 Å². The summed E-state index contributed by atoms with van der Waals surface area (Å²) in [6.07, 6.45) is 3.77. The molecule has 0 saturated heterocycles. The van der Waals surface area contributed by atoms with Crippen LogP contribution < -0.4 is 0 Å². The normalized spacial score (nSPS) is 14.8. The Morgan fingerprint density at radius 3 is 2.86 bits per heavy atom. The third-order valence-electron chi connectivity index (χ3n) is 2.86. The molecule has 1 aliphatic rings. The third-order valence-corrected chi connectivity index (χ3v) is 2.86. The SMILES string of the molecule is CN(CO)Cc1ccc2c(c1)CCC2. The van der Waals surface area contributed by atoms with Crippen molar-refractivity contribution in [3.8, 4) is 0 Å². The van der Waals surface area contributed by atoms with Gasteiger partial charge in [0, 0.05) is 6.54 Å². The van der Waals surface area contributed by atoms with Crippen molar-refractivity contribution >= 4 is 0 Å². The van der Waals surface area contributed by atoms with Crippen molar-refractivity contribution in [2.24, 2.45) is 0 Å². The van der Waals surface area contributed by atoms with E-state index in [1.807, 2.05) is 11.9 Å². The van der Waals surface area contributed by atoms with Crippen LogP contribution in [-0.4, -0.2) is 23.8 Å². The minimum absolute atomic E-state index is 0.122. The molecule has 76 valence electrons. The molecule has 2 heteroatoms. The van der Waals surface area contributed by atoms with Crippen LogP contribution in [-0.2, 0) is 19.4 Å². The standard InChI is InChI=1S/C12H17NO/c1-13(9-14)8-10-5-6-11-3-2-4-12(11)7-10/h5-7,14H,2-4,8-9H2,1H3. The fraction of sp³-hybridized carbons (Fsp3) is 0.500. The van der Waals surface area contributed by atoms with E-state index in [0.29, 0.717) is 0 Å². The second kappa shape index (κ2) is 4.11. The highest BCUT2D eigenvalue weighted by molar-refractivity contribution is 5.35. The molecule has 1 aromatic rings. The van der Waals surface area contributed by atoms with Crippen molar-refractivity contribution in [1.29, 1.82) is 0 Å². The molecular formula is C12H17NO. The second-order valence-corrected chi connectivity index (χ2v) is 4.11. The van der Waals surface area contributed by atoms with Gasteiger partial charge in [-0.1, -0.05) is 18.2 Å². The molecule has 0 amide bonds. The highest BCUT2D eigenvalue weighted by atomic mass is 16.3. The minimum Gasteiger partial charge on any atom is -0.381 e. The number of fused-ring (bicyclic) bond motifs is 1. The first kappa shape index (κ1) is 9.69. The lowest BCUT2D eigenvalue weighted by atomic mass is 10.1. The van der Waals surface area contributed by atoms with Gasteiger partial charge in [0.15, 0.2) is 0 Å². The van der Waals surface area contributed by atoms with Gasteiger partial charge in [-0.05, 0) is 43.0 Å². The first-order valence-electron chi connectivity index (χ1n) is 5.19. The van der Waals surface area contributed by atoms with Crippen LogP contribution in [0.5, 0.6) is 0 Å². The number of rotatable bonds is 3. The summed E-state index contributed by atoms with van der Waals surface area (Å²) in [5.74, 6) is 0. The number of hydrogen-bond donors (Lipinski definition) is 1. The summed E-state index contributed by atoms with van der Waals surface area (Å²) < 4.78 is 0. The predicted molar refractivity (Wildman–Crippen MR) is 57.0 cm³/mol. The van der Waals surface area contributed by atoms with Crippen molar-refractivity contribution in [2.45, 2.75) is 25.8 Å². The molecule has 1 aliphatic carbocycles. The number of aryl methyl sites for hydroxylation is 2. The average Bonchev–Trinajstić information content (AvgIpc) is 2.64. The number of aliphatic hydroxyl groups is 1. The molecule has 0 heterocycles. The molecule has 1 N–H and O–H groups in total. The molecule has 2 rings (SSSR count). The van der Waals surface area contributed by atoms with Crippen LogP contribution in [0.3, 0.4) is 0 Å². The number of aliphatic hydroxyl groups excluding tert-OH is 1. The zero-order valence-electron chi connectivity index (χ0n) is 8.66.